The number of carbonyl (C=O) groups is 1. The van der Waals surface area contributed by atoms with E-state index < -0.39 is 11.1 Å². The molecular weight excluding hydrogens is 238 g/mol. The SMILES string of the molecule is CC1CC2CC(C)C(N)(C(=O)OC(C)(C)C)C(C1)C2. The van der Waals surface area contributed by atoms with Gasteiger partial charge in [0.15, 0.2) is 0 Å². The topological polar surface area (TPSA) is 52.3 Å². The first-order valence-electron chi connectivity index (χ1n) is 7.65. The summed E-state index contributed by atoms with van der Waals surface area (Å²) >= 11 is 0. The van der Waals surface area contributed by atoms with Gasteiger partial charge in [0.25, 0.3) is 0 Å². The summed E-state index contributed by atoms with van der Waals surface area (Å²) in [5, 5.41) is 0. The molecule has 0 heterocycles. The van der Waals surface area contributed by atoms with E-state index in [9.17, 15) is 4.79 Å². The second-order valence-corrected chi connectivity index (χ2v) is 7.95. The third-order valence-corrected chi connectivity index (χ3v) is 4.97. The second-order valence-electron chi connectivity index (χ2n) is 7.95. The lowest BCUT2D eigenvalue weighted by molar-refractivity contribution is -0.171. The molecule has 2 rings (SSSR count). The van der Waals surface area contributed by atoms with Crippen LogP contribution in [0.5, 0.6) is 0 Å². The van der Waals surface area contributed by atoms with Crippen molar-refractivity contribution in [3.8, 4) is 0 Å². The number of hydrogen-bond donors (Lipinski definition) is 1. The van der Waals surface area contributed by atoms with Gasteiger partial charge in [-0.05, 0) is 70.1 Å². The fraction of sp³-hybridized carbons (Fsp3) is 0.938. The van der Waals surface area contributed by atoms with Crippen molar-refractivity contribution in [3.05, 3.63) is 0 Å². The zero-order chi connectivity index (χ0) is 14.4. The standard InChI is InChI=1S/C16H29NO2/c1-10-6-12-8-11(2)16(17,13(7-10)9-12)14(18)19-15(3,4)5/h10-13H,6-9,17H2,1-5H3. The minimum Gasteiger partial charge on any atom is -0.459 e. The Bertz CT molecular complexity index is 356. The zero-order valence-electron chi connectivity index (χ0n) is 13.0. The Morgan fingerprint density at radius 3 is 2.37 bits per heavy atom. The predicted molar refractivity (Wildman–Crippen MR) is 76.5 cm³/mol. The lowest BCUT2D eigenvalue weighted by Gasteiger charge is -2.51. The van der Waals surface area contributed by atoms with Gasteiger partial charge in [0.2, 0.25) is 0 Å². The molecule has 0 aromatic rings. The maximum Gasteiger partial charge on any atom is 0.327 e. The molecule has 0 spiro atoms. The monoisotopic (exact) mass is 267 g/mol. The first-order chi connectivity index (χ1) is 8.63. The average molecular weight is 267 g/mol. The largest absolute Gasteiger partial charge is 0.459 e. The van der Waals surface area contributed by atoms with Gasteiger partial charge in [-0.3, -0.25) is 4.79 Å². The third kappa shape index (κ3) is 2.81. The molecule has 2 N–H and O–H groups in total. The highest BCUT2D eigenvalue weighted by Gasteiger charge is 2.54. The Morgan fingerprint density at radius 1 is 1.16 bits per heavy atom. The molecule has 0 radical (unpaired) electrons. The van der Waals surface area contributed by atoms with Crippen LogP contribution in [-0.2, 0) is 9.53 Å². The average Bonchev–Trinajstić information content (AvgIpc) is 2.22. The van der Waals surface area contributed by atoms with Crippen molar-refractivity contribution in [1.82, 2.24) is 0 Å². The highest BCUT2D eigenvalue weighted by atomic mass is 16.6. The summed E-state index contributed by atoms with van der Waals surface area (Å²) < 4.78 is 5.61. The van der Waals surface area contributed by atoms with Crippen molar-refractivity contribution in [2.24, 2.45) is 29.4 Å². The molecule has 2 aliphatic carbocycles. The van der Waals surface area contributed by atoms with Crippen molar-refractivity contribution < 1.29 is 9.53 Å². The summed E-state index contributed by atoms with van der Waals surface area (Å²) in [5.41, 5.74) is 5.35. The molecule has 2 fully saturated rings. The number of hydrogen-bond acceptors (Lipinski definition) is 3. The van der Waals surface area contributed by atoms with Crippen LogP contribution in [0.2, 0.25) is 0 Å². The maximum atomic E-state index is 12.6. The van der Waals surface area contributed by atoms with E-state index in [0.29, 0.717) is 11.8 Å². The number of esters is 1. The molecular formula is C16H29NO2. The van der Waals surface area contributed by atoms with Gasteiger partial charge in [0.05, 0.1) is 0 Å². The molecule has 0 amide bonds. The molecule has 5 unspecified atom stereocenters. The van der Waals surface area contributed by atoms with Crippen LogP contribution in [0, 0.1) is 23.7 Å². The minimum atomic E-state index is -0.779. The molecule has 2 saturated carbocycles. The molecule has 2 aliphatic rings. The fourth-order valence-corrected chi connectivity index (χ4v) is 4.16. The number of fused-ring (bicyclic) bond motifs is 2. The van der Waals surface area contributed by atoms with Gasteiger partial charge >= 0.3 is 5.97 Å². The van der Waals surface area contributed by atoms with Gasteiger partial charge in [-0.25, -0.2) is 0 Å². The molecule has 19 heavy (non-hydrogen) atoms. The normalized spacial score (nSPS) is 42.8. The summed E-state index contributed by atoms with van der Waals surface area (Å²) in [4.78, 5) is 12.6. The zero-order valence-corrected chi connectivity index (χ0v) is 13.0. The van der Waals surface area contributed by atoms with E-state index in [2.05, 4.69) is 13.8 Å². The van der Waals surface area contributed by atoms with E-state index in [-0.39, 0.29) is 11.9 Å². The number of ether oxygens (including phenoxy) is 1. The van der Waals surface area contributed by atoms with Gasteiger partial charge in [-0.1, -0.05) is 13.8 Å². The lowest BCUT2D eigenvalue weighted by Crippen LogP contribution is -2.64. The van der Waals surface area contributed by atoms with Crippen molar-refractivity contribution in [2.45, 2.75) is 71.4 Å². The Hall–Kier alpha value is -0.570. The third-order valence-electron chi connectivity index (χ3n) is 4.97. The molecule has 2 bridgehead atoms. The highest BCUT2D eigenvalue weighted by molar-refractivity contribution is 5.82. The molecule has 3 nitrogen and oxygen atoms in total. The summed E-state index contributed by atoms with van der Waals surface area (Å²) in [7, 11) is 0. The highest BCUT2D eigenvalue weighted by Crippen LogP contribution is 2.49. The van der Waals surface area contributed by atoms with Crippen LogP contribution < -0.4 is 5.73 Å². The molecule has 0 saturated heterocycles. The number of carbonyl (C=O) groups excluding carboxylic acids is 1. The lowest BCUT2D eigenvalue weighted by atomic mass is 9.56. The summed E-state index contributed by atoms with van der Waals surface area (Å²) in [5.74, 6) is 1.76. The van der Waals surface area contributed by atoms with Gasteiger partial charge in [-0.15, -0.1) is 0 Å². The Balaban J connectivity index is 2.21. The van der Waals surface area contributed by atoms with Crippen LogP contribution in [0.15, 0.2) is 0 Å². The second kappa shape index (κ2) is 4.76. The molecule has 0 aliphatic heterocycles. The Kier molecular flexibility index (Phi) is 3.72. The van der Waals surface area contributed by atoms with Gasteiger partial charge < -0.3 is 10.5 Å². The van der Waals surface area contributed by atoms with Gasteiger partial charge in [0.1, 0.15) is 11.1 Å². The van der Waals surface area contributed by atoms with E-state index in [1.54, 1.807) is 0 Å². The van der Waals surface area contributed by atoms with E-state index in [0.717, 1.165) is 25.2 Å². The van der Waals surface area contributed by atoms with E-state index in [1.807, 2.05) is 20.8 Å². The Morgan fingerprint density at radius 2 is 1.79 bits per heavy atom. The molecule has 0 aromatic carbocycles. The molecule has 0 aromatic heterocycles. The molecule has 3 heteroatoms. The van der Waals surface area contributed by atoms with Crippen molar-refractivity contribution in [3.63, 3.8) is 0 Å². The molecule has 110 valence electrons. The number of nitrogens with two attached hydrogens (primary N) is 1. The summed E-state index contributed by atoms with van der Waals surface area (Å²) in [6.07, 6.45) is 4.53. The number of rotatable bonds is 1. The van der Waals surface area contributed by atoms with Crippen molar-refractivity contribution in [1.29, 1.82) is 0 Å². The first-order valence-corrected chi connectivity index (χ1v) is 7.65. The van der Waals surface area contributed by atoms with E-state index >= 15 is 0 Å². The first kappa shape index (κ1) is 14.8. The summed E-state index contributed by atoms with van der Waals surface area (Å²) in [6, 6.07) is 0. The van der Waals surface area contributed by atoms with Crippen LogP contribution in [0.25, 0.3) is 0 Å². The van der Waals surface area contributed by atoms with Crippen LogP contribution in [0.4, 0.5) is 0 Å². The maximum absolute atomic E-state index is 12.6. The quantitative estimate of drug-likeness (QED) is 0.743. The molecule has 5 atom stereocenters. The van der Waals surface area contributed by atoms with Crippen LogP contribution >= 0.6 is 0 Å². The van der Waals surface area contributed by atoms with Gasteiger partial charge in [0, 0.05) is 0 Å². The minimum absolute atomic E-state index is 0.190. The van der Waals surface area contributed by atoms with Crippen LogP contribution in [0.1, 0.15) is 60.3 Å². The summed E-state index contributed by atoms with van der Waals surface area (Å²) in [6.45, 7) is 10.1. The van der Waals surface area contributed by atoms with Crippen LogP contribution in [0.3, 0.4) is 0 Å². The van der Waals surface area contributed by atoms with Crippen molar-refractivity contribution >= 4 is 5.97 Å². The van der Waals surface area contributed by atoms with Crippen LogP contribution in [-0.4, -0.2) is 17.1 Å². The fourth-order valence-electron chi connectivity index (χ4n) is 4.16. The van der Waals surface area contributed by atoms with Crippen molar-refractivity contribution in [2.75, 3.05) is 0 Å². The smallest absolute Gasteiger partial charge is 0.327 e. The Labute approximate surface area is 117 Å². The van der Waals surface area contributed by atoms with Gasteiger partial charge in [-0.2, -0.15) is 0 Å². The predicted octanol–water partition coefficient (Wildman–Crippen LogP) is 3.12. The van der Waals surface area contributed by atoms with E-state index in [4.69, 9.17) is 10.5 Å². The van der Waals surface area contributed by atoms with E-state index in [1.165, 1.54) is 6.42 Å².